The number of ether oxygens (including phenoxy) is 2. The molecule has 21 rings (SSSR count). The third-order valence-electron chi connectivity index (χ3n) is 28.6. The lowest BCUT2D eigenvalue weighted by Gasteiger charge is -2.62. The number of para-hydroxylation sites is 2. The maximum Gasteiger partial charge on any atom is 0.252 e. The SMILES string of the molecule is CC.CC1CC2CC(C)C3(OC4(c5cc6c(cc53)B3c5cc7c(cc5N(c5ccccc5)c5c(-c8ccccc8)cc(-c8ccccc8)c(c53)N6c3ccccc3)C3(OC75C(C)CC6CC(C)CC5C6)C5CC6CC(C5)CC3C6)C(C)CC3CC(C)CC4C3)C(C1)C2. The first-order valence-corrected chi connectivity index (χ1v) is 37.7. The summed E-state index contributed by atoms with van der Waals surface area (Å²) in [6.07, 6.45) is 22.3. The van der Waals surface area contributed by atoms with Gasteiger partial charge in [-0.15, -0.1) is 0 Å². The summed E-state index contributed by atoms with van der Waals surface area (Å²) in [5.74, 6) is 9.99. The van der Waals surface area contributed by atoms with Crippen LogP contribution in [-0.2, 0) is 31.9 Å². The van der Waals surface area contributed by atoms with Gasteiger partial charge in [0.15, 0.2) is 0 Å². The molecule has 4 heterocycles. The quantitative estimate of drug-likeness (QED) is 0.164. The zero-order valence-electron chi connectivity index (χ0n) is 56.5. The Morgan fingerprint density at radius 3 is 1.03 bits per heavy atom. The van der Waals surface area contributed by atoms with Crippen LogP contribution in [0, 0.1) is 94.7 Å². The molecule has 0 N–H and O–H groups in total. The molecule has 15 unspecified atom stereocenters. The summed E-state index contributed by atoms with van der Waals surface area (Å²) < 4.78 is 17.8. The molecule has 472 valence electrons. The molecule has 4 spiro atoms. The van der Waals surface area contributed by atoms with Crippen molar-refractivity contribution >= 4 is 57.2 Å². The maximum atomic E-state index is 8.90. The summed E-state index contributed by atoms with van der Waals surface area (Å²) in [5, 5.41) is 0. The van der Waals surface area contributed by atoms with E-state index in [0.29, 0.717) is 65.1 Å². The van der Waals surface area contributed by atoms with Crippen molar-refractivity contribution in [1.29, 1.82) is 0 Å². The molecule has 10 bridgehead atoms. The van der Waals surface area contributed by atoms with Crippen LogP contribution in [0.5, 0.6) is 0 Å². The van der Waals surface area contributed by atoms with E-state index in [1.807, 2.05) is 13.8 Å². The van der Waals surface area contributed by atoms with E-state index in [1.54, 1.807) is 22.3 Å². The highest BCUT2D eigenvalue weighted by Crippen LogP contribution is 2.74. The lowest BCUT2D eigenvalue weighted by atomic mass is 9.32. The van der Waals surface area contributed by atoms with Gasteiger partial charge in [0.25, 0.3) is 6.71 Å². The minimum Gasteiger partial charge on any atom is -0.358 e. The Hall–Kier alpha value is -5.88. The van der Waals surface area contributed by atoms with Gasteiger partial charge in [-0.3, -0.25) is 0 Å². The average molecular weight is 1220 g/mol. The zero-order chi connectivity index (χ0) is 61.9. The van der Waals surface area contributed by atoms with Crippen LogP contribution < -0.4 is 26.2 Å². The molecule has 10 aliphatic carbocycles. The van der Waals surface area contributed by atoms with Crippen LogP contribution in [0.1, 0.15) is 187 Å². The fourth-order valence-corrected chi connectivity index (χ4v) is 26.3. The van der Waals surface area contributed by atoms with E-state index in [-0.39, 0.29) is 29.1 Å². The third kappa shape index (κ3) is 7.74. The molecule has 7 aromatic carbocycles. The Morgan fingerprint density at radius 1 is 0.337 bits per heavy atom. The van der Waals surface area contributed by atoms with E-state index in [0.717, 1.165) is 29.6 Å². The summed E-state index contributed by atoms with van der Waals surface area (Å²) in [6, 6.07) is 60.8. The summed E-state index contributed by atoms with van der Waals surface area (Å²) in [7, 11) is 0. The molecule has 10 fully saturated rings. The Labute approximate surface area is 551 Å². The molecular weight excluding hydrogens is 1120 g/mol. The molecule has 10 saturated carbocycles. The molecule has 4 aliphatic heterocycles. The van der Waals surface area contributed by atoms with Crippen molar-refractivity contribution in [3.63, 3.8) is 0 Å². The van der Waals surface area contributed by atoms with Crippen LogP contribution in [0.15, 0.2) is 152 Å². The monoisotopic (exact) mass is 1210 g/mol. The number of nitrogens with zero attached hydrogens (tertiary/aromatic N) is 2. The Bertz CT molecular complexity index is 4010. The van der Waals surface area contributed by atoms with Crippen molar-refractivity contribution in [2.24, 2.45) is 94.7 Å². The fraction of sp³-hybridized carbons (Fsp3) is 0.517. The highest BCUT2D eigenvalue weighted by Gasteiger charge is 2.71. The first-order chi connectivity index (χ1) is 44.9. The highest BCUT2D eigenvalue weighted by molar-refractivity contribution is 7.00. The molecule has 4 nitrogen and oxygen atoms in total. The van der Waals surface area contributed by atoms with E-state index in [4.69, 9.17) is 9.47 Å². The molecule has 14 aliphatic rings. The van der Waals surface area contributed by atoms with E-state index in [1.165, 1.54) is 182 Å². The van der Waals surface area contributed by atoms with E-state index < -0.39 is 0 Å². The van der Waals surface area contributed by atoms with E-state index in [2.05, 4.69) is 203 Å². The van der Waals surface area contributed by atoms with Crippen molar-refractivity contribution in [1.82, 2.24) is 0 Å². The van der Waals surface area contributed by atoms with Crippen LogP contribution in [0.3, 0.4) is 0 Å². The number of anilines is 6. The van der Waals surface area contributed by atoms with Crippen molar-refractivity contribution < 1.29 is 9.47 Å². The van der Waals surface area contributed by atoms with Gasteiger partial charge in [0.05, 0.1) is 11.4 Å². The number of hydrogen-bond donors (Lipinski definition) is 0. The van der Waals surface area contributed by atoms with Crippen molar-refractivity contribution in [3.05, 3.63) is 174 Å². The summed E-state index contributed by atoms with van der Waals surface area (Å²) >= 11 is 0. The molecular formula is C87H99BN2O2. The van der Waals surface area contributed by atoms with Gasteiger partial charge >= 0.3 is 0 Å². The first-order valence-electron chi connectivity index (χ1n) is 37.7. The Balaban J connectivity index is 0.00000300. The molecule has 5 heteroatoms. The first kappa shape index (κ1) is 57.6. The smallest absolute Gasteiger partial charge is 0.252 e. The van der Waals surface area contributed by atoms with Gasteiger partial charge in [-0.05, 0) is 296 Å². The second-order valence-corrected chi connectivity index (χ2v) is 33.7. The molecule has 0 amide bonds. The maximum absolute atomic E-state index is 8.90. The summed E-state index contributed by atoms with van der Waals surface area (Å²) in [6.45, 7) is 19.7. The molecule has 7 aromatic rings. The minimum absolute atomic E-state index is 0.0842. The number of fused-ring (bicyclic) bond motifs is 18. The van der Waals surface area contributed by atoms with Gasteiger partial charge in [-0.1, -0.05) is 165 Å². The number of benzene rings is 7. The van der Waals surface area contributed by atoms with Gasteiger partial charge in [0.1, 0.15) is 22.4 Å². The van der Waals surface area contributed by atoms with Crippen LogP contribution in [0.4, 0.5) is 34.1 Å². The lowest BCUT2D eigenvalue weighted by Crippen LogP contribution is -2.62. The number of rotatable bonds is 4. The molecule has 0 aromatic heterocycles. The van der Waals surface area contributed by atoms with Gasteiger partial charge in [0, 0.05) is 33.9 Å². The average Bonchev–Trinajstić information content (AvgIpc) is 1.27. The largest absolute Gasteiger partial charge is 0.358 e. The van der Waals surface area contributed by atoms with Crippen molar-refractivity contribution in [3.8, 4) is 22.3 Å². The van der Waals surface area contributed by atoms with Crippen LogP contribution in [0.25, 0.3) is 22.3 Å². The predicted octanol–water partition coefficient (Wildman–Crippen LogP) is 20.7. The van der Waals surface area contributed by atoms with Crippen molar-refractivity contribution in [2.45, 2.75) is 187 Å². The standard InChI is InChI=1S/C85H93BN2O2.C2H6/c1-49-27-55-33-52(4)82(62(30-49)37-55)71-45-75-77(47-73(71)84(89-82)54(6)35-57-29-51(3)32-64(84)39-57)87(67-23-15-9-16-24-67)80-69(60-19-11-7-12-20-60)44-70(61-21-13-8-14-22-61)81-79(80)86(75)76-46-72-74(48-78(76)88(81)68-25-17-10-18-26-68)85(65-40-58-36-59(42-65)43-66(85)41-58)90-83(72)53(5)34-56-28-50(2)31-63(83)38-56;1-2/h7-26,44-59,62-66H,27-43H2,1-6H3;1-2H3. The van der Waals surface area contributed by atoms with Gasteiger partial charge in [0.2, 0.25) is 0 Å². The predicted molar refractivity (Wildman–Crippen MR) is 380 cm³/mol. The van der Waals surface area contributed by atoms with Crippen molar-refractivity contribution in [2.75, 3.05) is 9.80 Å². The van der Waals surface area contributed by atoms with E-state index in [9.17, 15) is 0 Å². The van der Waals surface area contributed by atoms with Gasteiger partial charge in [-0.2, -0.15) is 0 Å². The van der Waals surface area contributed by atoms with Crippen LogP contribution >= 0.6 is 0 Å². The summed E-state index contributed by atoms with van der Waals surface area (Å²) in [5.41, 5.74) is 22.4. The molecule has 92 heavy (non-hydrogen) atoms. The molecule has 0 saturated heterocycles. The van der Waals surface area contributed by atoms with Gasteiger partial charge < -0.3 is 19.3 Å². The Morgan fingerprint density at radius 2 is 0.652 bits per heavy atom. The van der Waals surface area contributed by atoms with Crippen LogP contribution in [-0.4, -0.2) is 6.71 Å². The third-order valence-corrected chi connectivity index (χ3v) is 28.6. The highest BCUT2D eigenvalue weighted by atomic mass is 16.5. The van der Waals surface area contributed by atoms with Gasteiger partial charge in [-0.25, -0.2) is 0 Å². The Kier molecular flexibility index (Phi) is 13.0. The normalized spacial score (nSPS) is 39.0. The lowest BCUT2D eigenvalue weighted by molar-refractivity contribution is -0.290. The zero-order valence-corrected chi connectivity index (χ0v) is 56.5. The fourth-order valence-electron chi connectivity index (χ4n) is 26.3. The van der Waals surface area contributed by atoms with Crippen LogP contribution in [0.2, 0.25) is 0 Å². The van der Waals surface area contributed by atoms with E-state index >= 15 is 0 Å². The second kappa shape index (κ2) is 20.8. The summed E-state index contributed by atoms with van der Waals surface area (Å²) in [4.78, 5) is 5.63. The molecule has 0 radical (unpaired) electrons. The number of hydrogen-bond acceptors (Lipinski definition) is 4. The second-order valence-electron chi connectivity index (χ2n) is 33.7. The topological polar surface area (TPSA) is 24.9 Å². The minimum atomic E-state index is -0.361. The molecule has 15 atom stereocenters.